The van der Waals surface area contributed by atoms with E-state index < -0.39 is 0 Å². The maximum absolute atomic E-state index is 12.8. The molecule has 0 fully saturated rings. The first kappa shape index (κ1) is 14.3. The lowest BCUT2D eigenvalue weighted by molar-refractivity contribution is 0.103. The molecule has 0 heterocycles. The molecule has 0 aliphatic heterocycles. The van der Waals surface area contributed by atoms with E-state index in [0.29, 0.717) is 11.1 Å². The zero-order chi connectivity index (χ0) is 15.7. The van der Waals surface area contributed by atoms with E-state index in [9.17, 15) is 4.79 Å². The van der Waals surface area contributed by atoms with Crippen molar-refractivity contribution in [2.24, 2.45) is 0 Å². The molecule has 3 aromatic carbocycles. The van der Waals surface area contributed by atoms with Gasteiger partial charge in [-0.05, 0) is 30.9 Å². The number of carbonyl (C=O) groups is 1. The van der Waals surface area contributed by atoms with Crippen LogP contribution in [0.2, 0.25) is 0 Å². The minimum atomic E-state index is 0.0292. The fraction of sp³-hybridized carbons (Fsp3) is 0.150. The quantitative estimate of drug-likeness (QED) is 0.654. The summed E-state index contributed by atoms with van der Waals surface area (Å²) in [5.41, 5.74) is 3.52. The molecule has 0 spiro atoms. The van der Waals surface area contributed by atoms with Gasteiger partial charge in [-0.15, -0.1) is 0 Å². The predicted molar refractivity (Wildman–Crippen MR) is 89.8 cm³/mol. The highest BCUT2D eigenvalue weighted by atomic mass is 16.5. The smallest absolute Gasteiger partial charge is 0.193 e. The molecule has 22 heavy (non-hydrogen) atoms. The van der Waals surface area contributed by atoms with Gasteiger partial charge in [0.25, 0.3) is 0 Å². The third-order valence-electron chi connectivity index (χ3n) is 4.05. The average Bonchev–Trinajstić information content (AvgIpc) is 2.55. The predicted octanol–water partition coefficient (Wildman–Crippen LogP) is 4.70. The first-order valence-electron chi connectivity index (χ1n) is 7.29. The minimum absolute atomic E-state index is 0.0292. The van der Waals surface area contributed by atoms with Crippen molar-refractivity contribution in [3.63, 3.8) is 0 Å². The zero-order valence-electron chi connectivity index (χ0n) is 13.0. The lowest BCUT2D eigenvalue weighted by atomic mass is 9.93. The molecule has 2 heteroatoms. The molecule has 0 atom stereocenters. The molecule has 0 radical (unpaired) electrons. The third-order valence-corrected chi connectivity index (χ3v) is 4.05. The van der Waals surface area contributed by atoms with Gasteiger partial charge < -0.3 is 4.74 Å². The molecule has 0 aliphatic carbocycles. The second kappa shape index (κ2) is 5.64. The van der Waals surface area contributed by atoms with Crippen molar-refractivity contribution in [2.75, 3.05) is 7.11 Å². The molecule has 0 aliphatic rings. The normalized spacial score (nSPS) is 10.7. The van der Waals surface area contributed by atoms with E-state index in [1.54, 1.807) is 7.11 Å². The first-order valence-corrected chi connectivity index (χ1v) is 7.29. The molecular weight excluding hydrogens is 272 g/mol. The summed E-state index contributed by atoms with van der Waals surface area (Å²) in [5, 5.41) is 2.08. The SMILES string of the molecule is COc1cc(C(=O)c2ccc(C)cc2)c(C)c2ccccc12. The molecule has 0 N–H and O–H groups in total. The van der Waals surface area contributed by atoms with E-state index in [4.69, 9.17) is 4.74 Å². The van der Waals surface area contributed by atoms with E-state index >= 15 is 0 Å². The number of benzene rings is 3. The maximum Gasteiger partial charge on any atom is 0.193 e. The summed E-state index contributed by atoms with van der Waals surface area (Å²) >= 11 is 0. The molecule has 110 valence electrons. The molecule has 0 aromatic heterocycles. The van der Waals surface area contributed by atoms with Crippen LogP contribution in [-0.2, 0) is 0 Å². The first-order chi connectivity index (χ1) is 10.6. The Hall–Kier alpha value is -2.61. The number of ether oxygens (including phenoxy) is 1. The van der Waals surface area contributed by atoms with Gasteiger partial charge in [-0.3, -0.25) is 4.79 Å². The van der Waals surface area contributed by atoms with Crippen LogP contribution >= 0.6 is 0 Å². The standard InChI is InChI=1S/C20H18O2/c1-13-8-10-15(11-9-13)20(21)18-12-19(22-3)17-7-5-4-6-16(17)14(18)2/h4-12H,1-3H3. The fourth-order valence-corrected chi connectivity index (χ4v) is 2.75. The Bertz CT molecular complexity index is 845. The van der Waals surface area contributed by atoms with E-state index in [2.05, 4.69) is 0 Å². The van der Waals surface area contributed by atoms with Crippen molar-refractivity contribution in [3.05, 3.63) is 76.9 Å². The minimum Gasteiger partial charge on any atom is -0.496 e. The summed E-state index contributed by atoms with van der Waals surface area (Å²) in [6.07, 6.45) is 0. The molecule has 0 saturated heterocycles. The molecule has 0 saturated carbocycles. The summed E-state index contributed by atoms with van der Waals surface area (Å²) < 4.78 is 5.48. The number of fused-ring (bicyclic) bond motifs is 1. The Morgan fingerprint density at radius 3 is 2.18 bits per heavy atom. The highest BCUT2D eigenvalue weighted by Crippen LogP contribution is 2.32. The van der Waals surface area contributed by atoms with Crippen molar-refractivity contribution in [3.8, 4) is 5.75 Å². The summed E-state index contributed by atoms with van der Waals surface area (Å²) in [7, 11) is 1.64. The van der Waals surface area contributed by atoms with Crippen molar-refractivity contribution < 1.29 is 9.53 Å². The van der Waals surface area contributed by atoms with Crippen LogP contribution in [-0.4, -0.2) is 12.9 Å². The zero-order valence-corrected chi connectivity index (χ0v) is 13.0. The Labute approximate surface area is 130 Å². The largest absolute Gasteiger partial charge is 0.496 e. The lowest BCUT2D eigenvalue weighted by Gasteiger charge is -2.13. The van der Waals surface area contributed by atoms with Gasteiger partial charge >= 0.3 is 0 Å². The van der Waals surface area contributed by atoms with Crippen LogP contribution < -0.4 is 4.74 Å². The van der Waals surface area contributed by atoms with Crippen LogP contribution in [0.15, 0.2) is 54.6 Å². The summed E-state index contributed by atoms with van der Waals surface area (Å²) in [6, 6.07) is 17.5. The van der Waals surface area contributed by atoms with Gasteiger partial charge in [-0.1, -0.05) is 54.1 Å². The van der Waals surface area contributed by atoms with Gasteiger partial charge in [-0.25, -0.2) is 0 Å². The maximum atomic E-state index is 12.8. The van der Waals surface area contributed by atoms with Gasteiger partial charge in [0.05, 0.1) is 7.11 Å². The summed E-state index contributed by atoms with van der Waals surface area (Å²) in [5.74, 6) is 0.762. The van der Waals surface area contributed by atoms with Gasteiger partial charge in [0.1, 0.15) is 5.75 Å². The number of methoxy groups -OCH3 is 1. The number of aryl methyl sites for hydroxylation is 2. The van der Waals surface area contributed by atoms with Crippen molar-refractivity contribution in [2.45, 2.75) is 13.8 Å². The monoisotopic (exact) mass is 290 g/mol. The Morgan fingerprint density at radius 1 is 0.909 bits per heavy atom. The molecule has 0 unspecified atom stereocenters. The van der Waals surface area contributed by atoms with Crippen LogP contribution in [0.4, 0.5) is 0 Å². The summed E-state index contributed by atoms with van der Waals surface area (Å²) in [4.78, 5) is 12.8. The Balaban J connectivity index is 2.20. The molecule has 3 rings (SSSR count). The van der Waals surface area contributed by atoms with Crippen LogP contribution in [0.3, 0.4) is 0 Å². The third kappa shape index (κ3) is 2.37. The number of hydrogen-bond donors (Lipinski definition) is 0. The molecular formula is C20H18O2. The van der Waals surface area contributed by atoms with Crippen molar-refractivity contribution in [1.29, 1.82) is 0 Å². The van der Waals surface area contributed by atoms with Gasteiger partial charge in [0, 0.05) is 16.5 Å². The van der Waals surface area contributed by atoms with Gasteiger partial charge in [0.15, 0.2) is 5.78 Å². The topological polar surface area (TPSA) is 26.3 Å². The number of rotatable bonds is 3. The van der Waals surface area contributed by atoms with E-state index in [1.165, 1.54) is 0 Å². The molecule has 0 amide bonds. The molecule has 3 aromatic rings. The van der Waals surface area contributed by atoms with Crippen LogP contribution in [0.5, 0.6) is 5.75 Å². The van der Waals surface area contributed by atoms with E-state index in [1.807, 2.05) is 68.4 Å². The molecule has 2 nitrogen and oxygen atoms in total. The van der Waals surface area contributed by atoms with Crippen LogP contribution in [0.1, 0.15) is 27.0 Å². The second-order valence-electron chi connectivity index (χ2n) is 5.49. The van der Waals surface area contributed by atoms with E-state index in [-0.39, 0.29) is 5.78 Å². The van der Waals surface area contributed by atoms with E-state index in [0.717, 1.165) is 27.6 Å². The van der Waals surface area contributed by atoms with Crippen molar-refractivity contribution in [1.82, 2.24) is 0 Å². The Kier molecular flexibility index (Phi) is 3.68. The fourth-order valence-electron chi connectivity index (χ4n) is 2.75. The van der Waals surface area contributed by atoms with Crippen LogP contribution in [0, 0.1) is 13.8 Å². The van der Waals surface area contributed by atoms with Gasteiger partial charge in [-0.2, -0.15) is 0 Å². The Morgan fingerprint density at radius 2 is 1.55 bits per heavy atom. The average molecular weight is 290 g/mol. The highest BCUT2D eigenvalue weighted by Gasteiger charge is 2.16. The van der Waals surface area contributed by atoms with Gasteiger partial charge in [0.2, 0.25) is 0 Å². The second-order valence-corrected chi connectivity index (χ2v) is 5.49. The number of hydrogen-bond acceptors (Lipinski definition) is 2. The number of carbonyl (C=O) groups excluding carboxylic acids is 1. The van der Waals surface area contributed by atoms with Crippen molar-refractivity contribution >= 4 is 16.6 Å². The number of ketones is 1. The van der Waals surface area contributed by atoms with Crippen LogP contribution in [0.25, 0.3) is 10.8 Å². The lowest BCUT2D eigenvalue weighted by Crippen LogP contribution is -2.05. The molecule has 0 bridgehead atoms. The summed E-state index contributed by atoms with van der Waals surface area (Å²) in [6.45, 7) is 4.00. The highest BCUT2D eigenvalue weighted by molar-refractivity contribution is 6.13.